The molecule has 5 rings (SSSR count). The van der Waals surface area contributed by atoms with Crippen molar-refractivity contribution in [3.63, 3.8) is 0 Å². The van der Waals surface area contributed by atoms with E-state index in [2.05, 4.69) is 10.2 Å². The second kappa shape index (κ2) is 6.30. The van der Waals surface area contributed by atoms with E-state index < -0.39 is 17.3 Å². The number of aromatic nitrogens is 1. The third-order valence-corrected chi connectivity index (χ3v) is 6.68. The van der Waals surface area contributed by atoms with E-state index in [0.29, 0.717) is 23.0 Å². The molecule has 0 bridgehead atoms. The number of carbonyl (C=O) groups is 1. The Bertz CT molecular complexity index is 1030. The Balaban J connectivity index is 1.70. The van der Waals surface area contributed by atoms with Crippen LogP contribution < -0.4 is 15.8 Å². The van der Waals surface area contributed by atoms with Crippen LogP contribution >= 0.6 is 0 Å². The van der Waals surface area contributed by atoms with Crippen LogP contribution in [0.4, 0.5) is 10.1 Å². The first kappa shape index (κ1) is 17.7. The molecule has 2 N–H and O–H groups in total. The Morgan fingerprint density at radius 2 is 2.00 bits per heavy atom. The SMILES string of the molecule is Cc1c(N2C[C@H]3CCNC[C@@H]3C2)c(F)cn2c(=O)c(C(=O)O)cc(C3CC3)c12. The van der Waals surface area contributed by atoms with Crippen molar-refractivity contribution >= 4 is 17.2 Å². The first-order chi connectivity index (χ1) is 13.5. The summed E-state index contributed by atoms with van der Waals surface area (Å²) in [5.74, 6) is -0.391. The van der Waals surface area contributed by atoms with Gasteiger partial charge in [0.25, 0.3) is 5.56 Å². The van der Waals surface area contributed by atoms with Crippen LogP contribution in [0, 0.1) is 24.6 Å². The van der Waals surface area contributed by atoms with E-state index in [9.17, 15) is 14.7 Å². The molecule has 1 aliphatic carbocycles. The molecule has 2 atom stereocenters. The van der Waals surface area contributed by atoms with Gasteiger partial charge in [-0.1, -0.05) is 0 Å². The van der Waals surface area contributed by atoms with Crippen LogP contribution in [0.15, 0.2) is 17.1 Å². The second-order valence-electron chi connectivity index (χ2n) is 8.49. The molecule has 0 radical (unpaired) electrons. The van der Waals surface area contributed by atoms with Gasteiger partial charge in [0.1, 0.15) is 5.56 Å². The molecule has 6 nitrogen and oxygen atoms in total. The van der Waals surface area contributed by atoms with Crippen LogP contribution in [0.1, 0.15) is 46.7 Å². The third kappa shape index (κ3) is 2.64. The molecule has 2 aromatic rings. The first-order valence-corrected chi connectivity index (χ1v) is 10.0. The zero-order valence-corrected chi connectivity index (χ0v) is 15.9. The fraction of sp³-hybridized carbons (Fsp3) is 0.524. The lowest BCUT2D eigenvalue weighted by Gasteiger charge is -2.24. The van der Waals surface area contributed by atoms with Crippen LogP contribution in [0.25, 0.3) is 5.52 Å². The molecule has 2 aromatic heterocycles. The highest BCUT2D eigenvalue weighted by atomic mass is 19.1. The van der Waals surface area contributed by atoms with Crippen molar-refractivity contribution in [2.24, 2.45) is 11.8 Å². The monoisotopic (exact) mass is 385 g/mol. The molecule has 7 heteroatoms. The number of fused-ring (bicyclic) bond motifs is 2. The molecule has 1 saturated carbocycles. The number of anilines is 1. The molecule has 0 spiro atoms. The maximum Gasteiger partial charge on any atom is 0.341 e. The summed E-state index contributed by atoms with van der Waals surface area (Å²) in [6.45, 7) is 5.47. The average Bonchev–Trinajstić information content (AvgIpc) is 3.41. The normalized spacial score (nSPS) is 24.6. The summed E-state index contributed by atoms with van der Waals surface area (Å²) in [7, 11) is 0. The number of rotatable bonds is 3. The highest BCUT2D eigenvalue weighted by molar-refractivity contribution is 5.89. The molecule has 0 amide bonds. The number of carboxylic acids is 1. The number of nitrogens with one attached hydrogen (secondary N) is 1. The average molecular weight is 385 g/mol. The van der Waals surface area contributed by atoms with Crippen molar-refractivity contribution in [3.05, 3.63) is 45.1 Å². The van der Waals surface area contributed by atoms with E-state index in [1.54, 1.807) is 0 Å². The zero-order valence-electron chi connectivity index (χ0n) is 15.9. The largest absolute Gasteiger partial charge is 0.477 e. The fourth-order valence-corrected chi connectivity index (χ4v) is 5.14. The van der Waals surface area contributed by atoms with Gasteiger partial charge >= 0.3 is 5.97 Å². The summed E-state index contributed by atoms with van der Waals surface area (Å²) in [6.07, 6.45) is 4.24. The highest BCUT2D eigenvalue weighted by Gasteiger charge is 2.37. The lowest BCUT2D eigenvalue weighted by Crippen LogP contribution is -2.35. The minimum Gasteiger partial charge on any atom is -0.477 e. The van der Waals surface area contributed by atoms with E-state index in [1.165, 1.54) is 16.7 Å². The summed E-state index contributed by atoms with van der Waals surface area (Å²) in [6, 6.07) is 1.51. The maximum absolute atomic E-state index is 15.2. The number of piperidine rings is 1. The van der Waals surface area contributed by atoms with Crippen molar-refractivity contribution < 1.29 is 14.3 Å². The lowest BCUT2D eigenvalue weighted by molar-refractivity contribution is 0.0694. The second-order valence-corrected chi connectivity index (χ2v) is 8.49. The Morgan fingerprint density at radius 3 is 2.68 bits per heavy atom. The van der Waals surface area contributed by atoms with E-state index >= 15 is 4.39 Å². The van der Waals surface area contributed by atoms with Gasteiger partial charge in [0.2, 0.25) is 0 Å². The smallest absolute Gasteiger partial charge is 0.341 e. The predicted octanol–water partition coefficient (Wildman–Crippen LogP) is 2.37. The number of aromatic carboxylic acids is 1. The molecule has 28 heavy (non-hydrogen) atoms. The summed E-state index contributed by atoms with van der Waals surface area (Å²) >= 11 is 0. The van der Waals surface area contributed by atoms with Crippen LogP contribution in [0.5, 0.6) is 0 Å². The summed E-state index contributed by atoms with van der Waals surface area (Å²) < 4.78 is 16.4. The maximum atomic E-state index is 15.2. The third-order valence-electron chi connectivity index (χ3n) is 6.68. The van der Waals surface area contributed by atoms with E-state index in [-0.39, 0.29) is 11.5 Å². The summed E-state index contributed by atoms with van der Waals surface area (Å²) in [4.78, 5) is 26.4. The Labute approximate surface area is 162 Å². The Kier molecular flexibility index (Phi) is 3.98. The van der Waals surface area contributed by atoms with Crippen LogP contribution in [-0.2, 0) is 0 Å². The van der Waals surface area contributed by atoms with Crippen molar-refractivity contribution in [1.82, 2.24) is 9.72 Å². The molecule has 4 heterocycles. The van der Waals surface area contributed by atoms with Gasteiger partial charge in [-0.3, -0.25) is 9.20 Å². The molecule has 0 unspecified atom stereocenters. The minimum atomic E-state index is -1.26. The van der Waals surface area contributed by atoms with Gasteiger partial charge < -0.3 is 15.3 Å². The van der Waals surface area contributed by atoms with Gasteiger partial charge in [0, 0.05) is 13.1 Å². The molecular formula is C21H24FN3O3. The standard InChI is InChI=1S/C21H24FN3O3/c1-11-18-15(12-2-3-12)6-16(21(27)28)20(26)25(18)10-17(22)19(11)24-8-13-4-5-23-7-14(13)9-24/h6,10,12-14,23H,2-5,7-9H2,1H3,(H,27,28)/t13-,14-/m1/s1. The van der Waals surface area contributed by atoms with Gasteiger partial charge in [0.05, 0.1) is 17.4 Å². The van der Waals surface area contributed by atoms with Gasteiger partial charge in [0.15, 0.2) is 5.82 Å². The van der Waals surface area contributed by atoms with E-state index in [0.717, 1.165) is 56.6 Å². The summed E-state index contributed by atoms with van der Waals surface area (Å²) in [5.41, 5.74) is 1.89. The van der Waals surface area contributed by atoms with Gasteiger partial charge in [-0.05, 0) is 74.2 Å². The van der Waals surface area contributed by atoms with Crippen molar-refractivity contribution in [1.29, 1.82) is 0 Å². The molecular weight excluding hydrogens is 361 g/mol. The number of pyridine rings is 2. The van der Waals surface area contributed by atoms with Crippen molar-refractivity contribution in [2.45, 2.75) is 32.1 Å². The van der Waals surface area contributed by atoms with Gasteiger partial charge in [-0.2, -0.15) is 0 Å². The van der Waals surface area contributed by atoms with Crippen molar-refractivity contribution in [3.8, 4) is 0 Å². The number of carboxylic acid groups (broad SMARTS) is 1. The zero-order chi connectivity index (χ0) is 19.6. The molecule has 148 valence electrons. The molecule has 3 fully saturated rings. The number of aryl methyl sites for hydroxylation is 1. The van der Waals surface area contributed by atoms with Crippen LogP contribution in [0.3, 0.4) is 0 Å². The van der Waals surface area contributed by atoms with Crippen LogP contribution in [0.2, 0.25) is 0 Å². The van der Waals surface area contributed by atoms with Gasteiger partial charge in [-0.25, -0.2) is 9.18 Å². The fourth-order valence-electron chi connectivity index (χ4n) is 5.14. The topological polar surface area (TPSA) is 74.0 Å². The summed E-state index contributed by atoms with van der Waals surface area (Å²) in [5, 5.41) is 12.8. The molecule has 0 aromatic carbocycles. The highest BCUT2D eigenvalue weighted by Crippen LogP contribution is 2.44. The van der Waals surface area contributed by atoms with Crippen molar-refractivity contribution in [2.75, 3.05) is 31.1 Å². The number of hydrogen-bond acceptors (Lipinski definition) is 4. The van der Waals surface area contributed by atoms with E-state index in [4.69, 9.17) is 0 Å². The van der Waals surface area contributed by atoms with Crippen LogP contribution in [-0.4, -0.2) is 41.7 Å². The quantitative estimate of drug-likeness (QED) is 0.849. The minimum absolute atomic E-state index is 0.246. The lowest BCUT2D eigenvalue weighted by atomic mass is 9.90. The van der Waals surface area contributed by atoms with Gasteiger partial charge in [-0.15, -0.1) is 0 Å². The number of halogens is 1. The van der Waals surface area contributed by atoms with E-state index in [1.807, 2.05) is 6.92 Å². The Hall–Kier alpha value is -2.41. The predicted molar refractivity (Wildman–Crippen MR) is 104 cm³/mol. The number of hydrogen-bond donors (Lipinski definition) is 2. The number of nitrogens with zero attached hydrogens (tertiary/aromatic N) is 2. The molecule has 2 aliphatic heterocycles. The molecule has 2 saturated heterocycles. The first-order valence-electron chi connectivity index (χ1n) is 10.0. The molecule has 3 aliphatic rings. The Morgan fingerprint density at radius 1 is 1.25 bits per heavy atom.